The third-order valence-electron chi connectivity index (χ3n) is 4.69. The average molecular weight is 290 g/mol. The van der Waals surface area contributed by atoms with Crippen molar-refractivity contribution in [3.8, 4) is 5.75 Å². The lowest BCUT2D eigenvalue weighted by Crippen LogP contribution is -2.55. The van der Waals surface area contributed by atoms with Crippen molar-refractivity contribution in [1.29, 1.82) is 0 Å². The summed E-state index contributed by atoms with van der Waals surface area (Å²) in [5.74, 6) is 1.19. The zero-order valence-electron chi connectivity index (χ0n) is 12.6. The molecule has 1 aromatic carbocycles. The number of carbonyl (C=O) groups excluding carboxylic acids is 1. The SMILES string of the molecule is COc1ccc(N2C(=O)OCC2(C)C2CCCNC2)cc1. The summed E-state index contributed by atoms with van der Waals surface area (Å²) in [6, 6.07) is 7.58. The minimum absolute atomic E-state index is 0.256. The van der Waals surface area contributed by atoms with E-state index in [1.54, 1.807) is 7.11 Å². The molecule has 0 radical (unpaired) electrons. The van der Waals surface area contributed by atoms with E-state index in [0.717, 1.165) is 37.4 Å². The van der Waals surface area contributed by atoms with Crippen molar-refractivity contribution < 1.29 is 14.3 Å². The van der Waals surface area contributed by atoms with Crippen molar-refractivity contribution in [2.75, 3.05) is 31.7 Å². The molecule has 2 atom stereocenters. The molecule has 2 saturated heterocycles. The largest absolute Gasteiger partial charge is 0.497 e. The molecular formula is C16H22N2O3. The number of nitrogens with zero attached hydrogens (tertiary/aromatic N) is 1. The van der Waals surface area contributed by atoms with Crippen LogP contribution in [0.4, 0.5) is 10.5 Å². The fourth-order valence-electron chi connectivity index (χ4n) is 3.36. The van der Waals surface area contributed by atoms with E-state index in [2.05, 4.69) is 12.2 Å². The van der Waals surface area contributed by atoms with E-state index < -0.39 is 0 Å². The quantitative estimate of drug-likeness (QED) is 0.929. The van der Waals surface area contributed by atoms with Gasteiger partial charge in [-0.1, -0.05) is 0 Å². The van der Waals surface area contributed by atoms with E-state index in [1.165, 1.54) is 0 Å². The molecule has 5 heteroatoms. The van der Waals surface area contributed by atoms with Gasteiger partial charge in [-0.15, -0.1) is 0 Å². The number of piperidine rings is 1. The molecule has 2 unspecified atom stereocenters. The molecule has 0 aromatic heterocycles. The molecule has 0 bridgehead atoms. The van der Waals surface area contributed by atoms with Crippen LogP contribution in [0.3, 0.4) is 0 Å². The van der Waals surface area contributed by atoms with Gasteiger partial charge in [0.25, 0.3) is 0 Å². The van der Waals surface area contributed by atoms with Crippen LogP contribution in [-0.2, 0) is 4.74 Å². The Morgan fingerprint density at radius 1 is 1.38 bits per heavy atom. The van der Waals surface area contributed by atoms with Gasteiger partial charge in [0, 0.05) is 12.2 Å². The van der Waals surface area contributed by atoms with Gasteiger partial charge in [0.05, 0.1) is 12.6 Å². The number of cyclic esters (lactones) is 1. The molecule has 2 aliphatic heterocycles. The van der Waals surface area contributed by atoms with E-state index in [1.807, 2.05) is 29.2 Å². The first-order valence-corrected chi connectivity index (χ1v) is 7.47. The van der Waals surface area contributed by atoms with Crippen molar-refractivity contribution in [1.82, 2.24) is 5.32 Å². The lowest BCUT2D eigenvalue weighted by atomic mass is 9.80. The number of benzene rings is 1. The second kappa shape index (κ2) is 5.56. The second-order valence-corrected chi connectivity index (χ2v) is 5.99. The lowest BCUT2D eigenvalue weighted by Gasteiger charge is -2.41. The Bertz CT molecular complexity index is 511. The Kier molecular flexibility index (Phi) is 3.76. The first kappa shape index (κ1) is 14.2. The van der Waals surface area contributed by atoms with Crippen LogP contribution in [0, 0.1) is 5.92 Å². The third kappa shape index (κ3) is 2.46. The number of anilines is 1. The average Bonchev–Trinajstić information content (AvgIpc) is 2.85. The highest BCUT2D eigenvalue weighted by molar-refractivity contribution is 5.91. The molecule has 2 fully saturated rings. The van der Waals surface area contributed by atoms with Gasteiger partial charge in [-0.05, 0) is 56.5 Å². The summed E-state index contributed by atoms with van der Waals surface area (Å²) >= 11 is 0. The normalized spacial score (nSPS) is 29.3. The highest BCUT2D eigenvalue weighted by atomic mass is 16.6. The van der Waals surface area contributed by atoms with Gasteiger partial charge >= 0.3 is 6.09 Å². The summed E-state index contributed by atoms with van der Waals surface area (Å²) in [4.78, 5) is 14.0. The van der Waals surface area contributed by atoms with E-state index in [4.69, 9.17) is 9.47 Å². The van der Waals surface area contributed by atoms with Gasteiger partial charge in [0.1, 0.15) is 12.4 Å². The van der Waals surface area contributed by atoms with Crippen LogP contribution in [0.15, 0.2) is 24.3 Å². The standard InChI is InChI=1S/C16H22N2O3/c1-16(12-4-3-9-17-10-12)11-21-15(19)18(16)13-5-7-14(20-2)8-6-13/h5-8,12,17H,3-4,9-11H2,1-2H3. The predicted octanol–water partition coefficient (Wildman–Crippen LogP) is 2.41. The Hall–Kier alpha value is -1.75. The summed E-state index contributed by atoms with van der Waals surface area (Å²) in [5.41, 5.74) is 0.574. The molecule has 1 aromatic rings. The van der Waals surface area contributed by atoms with Crippen LogP contribution < -0.4 is 15.0 Å². The van der Waals surface area contributed by atoms with Gasteiger partial charge in [-0.3, -0.25) is 4.90 Å². The zero-order valence-corrected chi connectivity index (χ0v) is 12.6. The fourth-order valence-corrected chi connectivity index (χ4v) is 3.36. The van der Waals surface area contributed by atoms with Crippen LogP contribution in [0.25, 0.3) is 0 Å². The van der Waals surface area contributed by atoms with E-state index in [9.17, 15) is 4.79 Å². The zero-order chi connectivity index (χ0) is 14.9. The van der Waals surface area contributed by atoms with Crippen LogP contribution in [-0.4, -0.2) is 38.4 Å². The highest BCUT2D eigenvalue weighted by Gasteiger charge is 2.49. The van der Waals surface area contributed by atoms with E-state index in [0.29, 0.717) is 12.5 Å². The minimum atomic E-state index is -0.293. The molecule has 2 heterocycles. The van der Waals surface area contributed by atoms with Crippen LogP contribution in [0.5, 0.6) is 5.75 Å². The van der Waals surface area contributed by atoms with Gasteiger partial charge in [0.15, 0.2) is 0 Å². The fraction of sp³-hybridized carbons (Fsp3) is 0.562. The number of hydrogen-bond acceptors (Lipinski definition) is 4. The summed E-state index contributed by atoms with van der Waals surface area (Å²) in [6.45, 7) is 4.56. The van der Waals surface area contributed by atoms with Crippen LogP contribution in [0.2, 0.25) is 0 Å². The summed E-state index contributed by atoms with van der Waals surface area (Å²) in [7, 11) is 1.64. The van der Waals surface area contributed by atoms with Crippen molar-refractivity contribution in [2.24, 2.45) is 5.92 Å². The third-order valence-corrected chi connectivity index (χ3v) is 4.69. The van der Waals surface area contributed by atoms with Crippen molar-refractivity contribution in [3.63, 3.8) is 0 Å². The summed E-state index contributed by atoms with van der Waals surface area (Å²) in [6.07, 6.45) is 2.01. The van der Waals surface area contributed by atoms with Crippen molar-refractivity contribution in [3.05, 3.63) is 24.3 Å². The lowest BCUT2D eigenvalue weighted by molar-refractivity contribution is 0.157. The number of amides is 1. The van der Waals surface area contributed by atoms with Crippen molar-refractivity contribution in [2.45, 2.75) is 25.3 Å². The number of ether oxygens (including phenoxy) is 2. The number of nitrogens with one attached hydrogen (secondary N) is 1. The van der Waals surface area contributed by atoms with Gasteiger partial charge in [-0.2, -0.15) is 0 Å². The molecule has 114 valence electrons. The number of rotatable bonds is 3. The predicted molar refractivity (Wildman–Crippen MR) is 80.8 cm³/mol. The monoisotopic (exact) mass is 290 g/mol. The second-order valence-electron chi connectivity index (χ2n) is 5.99. The maximum Gasteiger partial charge on any atom is 0.415 e. The molecular weight excluding hydrogens is 268 g/mol. The number of methoxy groups -OCH3 is 1. The Labute approximate surface area is 125 Å². The molecule has 5 nitrogen and oxygen atoms in total. The molecule has 0 spiro atoms. The molecule has 1 amide bonds. The topological polar surface area (TPSA) is 50.8 Å². The first-order chi connectivity index (χ1) is 10.1. The van der Waals surface area contributed by atoms with Gasteiger partial charge < -0.3 is 14.8 Å². The summed E-state index contributed by atoms with van der Waals surface area (Å²) in [5, 5.41) is 3.43. The van der Waals surface area contributed by atoms with Crippen molar-refractivity contribution >= 4 is 11.8 Å². The molecule has 0 saturated carbocycles. The first-order valence-electron chi connectivity index (χ1n) is 7.47. The highest BCUT2D eigenvalue weighted by Crippen LogP contribution is 2.38. The maximum atomic E-state index is 12.2. The van der Waals surface area contributed by atoms with Crippen LogP contribution in [0.1, 0.15) is 19.8 Å². The molecule has 3 rings (SSSR count). The van der Waals surface area contributed by atoms with Gasteiger partial charge in [0.2, 0.25) is 0 Å². The number of carbonyl (C=O) groups is 1. The minimum Gasteiger partial charge on any atom is -0.497 e. The summed E-state index contributed by atoms with van der Waals surface area (Å²) < 4.78 is 10.6. The molecule has 0 aliphatic carbocycles. The van der Waals surface area contributed by atoms with E-state index in [-0.39, 0.29) is 11.6 Å². The molecule has 1 N–H and O–H groups in total. The van der Waals surface area contributed by atoms with E-state index >= 15 is 0 Å². The van der Waals surface area contributed by atoms with Crippen LogP contribution >= 0.6 is 0 Å². The number of hydrogen-bond donors (Lipinski definition) is 1. The smallest absolute Gasteiger partial charge is 0.415 e. The Balaban J connectivity index is 1.90. The molecule has 2 aliphatic rings. The molecule has 21 heavy (non-hydrogen) atoms. The Morgan fingerprint density at radius 3 is 2.76 bits per heavy atom. The van der Waals surface area contributed by atoms with Gasteiger partial charge in [-0.25, -0.2) is 4.79 Å². The maximum absolute atomic E-state index is 12.2. The Morgan fingerprint density at radius 2 is 2.14 bits per heavy atom.